The monoisotopic (exact) mass is 209 g/mol. The van der Waals surface area contributed by atoms with E-state index in [0.29, 0.717) is 16.6 Å². The van der Waals surface area contributed by atoms with E-state index in [1.54, 1.807) is 12.1 Å². The van der Waals surface area contributed by atoms with Crippen LogP contribution in [0.4, 0.5) is 0 Å². The second-order valence-corrected chi connectivity index (χ2v) is 4.14. The molecule has 1 aromatic rings. The fourth-order valence-corrected chi connectivity index (χ4v) is 1.50. The number of hydrogen-bond acceptors (Lipinski definition) is 1. The summed E-state index contributed by atoms with van der Waals surface area (Å²) < 4.78 is 0. The maximum Gasteiger partial charge on any atom is 0.251 e. The fourth-order valence-electron chi connectivity index (χ4n) is 1.33. The van der Waals surface area contributed by atoms with E-state index >= 15 is 0 Å². The smallest absolute Gasteiger partial charge is 0.251 e. The van der Waals surface area contributed by atoms with Crippen molar-refractivity contribution in [3.8, 4) is 0 Å². The zero-order chi connectivity index (χ0) is 10.1. The molecule has 1 aromatic carbocycles. The number of carbonyl (C=O) groups excluding carboxylic acids is 1. The minimum atomic E-state index is -0.00694. The molecule has 0 bridgehead atoms. The molecule has 1 N–H and O–H groups in total. The molecule has 1 aliphatic rings. The van der Waals surface area contributed by atoms with Crippen LogP contribution >= 0.6 is 11.6 Å². The molecule has 0 unspecified atom stereocenters. The van der Waals surface area contributed by atoms with Gasteiger partial charge in [0.1, 0.15) is 0 Å². The molecular formula is C11H12ClNO. The Kier molecular flexibility index (Phi) is 2.46. The van der Waals surface area contributed by atoms with Crippen molar-refractivity contribution in [1.82, 2.24) is 5.32 Å². The summed E-state index contributed by atoms with van der Waals surface area (Å²) in [4.78, 5) is 11.7. The van der Waals surface area contributed by atoms with Crippen molar-refractivity contribution >= 4 is 17.5 Å². The fraction of sp³-hybridized carbons (Fsp3) is 0.364. The van der Waals surface area contributed by atoms with Crippen LogP contribution in [0.2, 0.25) is 5.02 Å². The topological polar surface area (TPSA) is 29.1 Å². The van der Waals surface area contributed by atoms with Gasteiger partial charge in [0.15, 0.2) is 0 Å². The Morgan fingerprint density at radius 3 is 2.86 bits per heavy atom. The third-order valence-corrected chi connectivity index (χ3v) is 2.59. The highest BCUT2D eigenvalue weighted by Gasteiger charge is 2.24. The minimum Gasteiger partial charge on any atom is -0.349 e. The van der Waals surface area contributed by atoms with Crippen LogP contribution in [-0.4, -0.2) is 11.9 Å². The predicted octanol–water partition coefficient (Wildman–Crippen LogP) is 2.54. The molecule has 1 aliphatic carbocycles. The first-order valence-corrected chi connectivity index (χ1v) is 5.11. The molecular weight excluding hydrogens is 198 g/mol. The summed E-state index contributed by atoms with van der Waals surface area (Å²) in [6, 6.07) is 5.77. The van der Waals surface area contributed by atoms with E-state index in [1.165, 1.54) is 0 Å². The van der Waals surface area contributed by atoms with Gasteiger partial charge < -0.3 is 5.32 Å². The highest BCUT2D eigenvalue weighted by molar-refractivity contribution is 6.31. The Morgan fingerprint density at radius 1 is 1.50 bits per heavy atom. The number of aryl methyl sites for hydroxylation is 1. The Labute approximate surface area is 88.3 Å². The van der Waals surface area contributed by atoms with E-state index in [9.17, 15) is 4.79 Å². The molecule has 0 heterocycles. The largest absolute Gasteiger partial charge is 0.349 e. The normalized spacial score (nSPS) is 15.3. The predicted molar refractivity (Wildman–Crippen MR) is 56.7 cm³/mol. The standard InChI is InChI=1S/C11H12ClNO/c1-7-2-3-8(12)6-10(7)11(14)13-9-4-5-9/h2-3,6,9H,4-5H2,1H3,(H,13,14). The molecule has 1 amide bonds. The number of carbonyl (C=O) groups is 1. The van der Waals surface area contributed by atoms with E-state index in [1.807, 2.05) is 13.0 Å². The molecule has 0 aliphatic heterocycles. The van der Waals surface area contributed by atoms with Crippen molar-refractivity contribution in [2.75, 3.05) is 0 Å². The lowest BCUT2D eigenvalue weighted by molar-refractivity contribution is 0.0950. The van der Waals surface area contributed by atoms with Crippen LogP contribution in [0.3, 0.4) is 0 Å². The van der Waals surface area contributed by atoms with E-state index in [0.717, 1.165) is 18.4 Å². The van der Waals surface area contributed by atoms with Crippen LogP contribution in [0.1, 0.15) is 28.8 Å². The van der Waals surface area contributed by atoms with E-state index < -0.39 is 0 Å². The molecule has 14 heavy (non-hydrogen) atoms. The van der Waals surface area contributed by atoms with Gasteiger partial charge in [-0.2, -0.15) is 0 Å². The summed E-state index contributed by atoms with van der Waals surface area (Å²) in [5, 5.41) is 3.55. The minimum absolute atomic E-state index is 0.00694. The molecule has 74 valence electrons. The second kappa shape index (κ2) is 3.62. The average Bonchev–Trinajstić information content (AvgIpc) is 2.93. The van der Waals surface area contributed by atoms with Crippen LogP contribution in [-0.2, 0) is 0 Å². The Hall–Kier alpha value is -1.02. The first kappa shape index (κ1) is 9.53. The molecule has 0 radical (unpaired) electrons. The van der Waals surface area contributed by atoms with Crippen LogP contribution in [0.5, 0.6) is 0 Å². The molecule has 1 fully saturated rings. The van der Waals surface area contributed by atoms with Gasteiger partial charge in [-0.05, 0) is 37.5 Å². The van der Waals surface area contributed by atoms with Crippen LogP contribution in [0.25, 0.3) is 0 Å². The first-order valence-electron chi connectivity index (χ1n) is 4.74. The highest BCUT2D eigenvalue weighted by Crippen LogP contribution is 2.21. The van der Waals surface area contributed by atoms with Gasteiger partial charge in [0.2, 0.25) is 0 Å². The van der Waals surface area contributed by atoms with Gasteiger partial charge in [-0.25, -0.2) is 0 Å². The van der Waals surface area contributed by atoms with Crippen molar-refractivity contribution in [2.24, 2.45) is 0 Å². The number of rotatable bonds is 2. The zero-order valence-electron chi connectivity index (χ0n) is 8.01. The van der Waals surface area contributed by atoms with Gasteiger partial charge in [0.05, 0.1) is 0 Å². The Morgan fingerprint density at radius 2 is 2.21 bits per heavy atom. The Balaban J connectivity index is 2.20. The van der Waals surface area contributed by atoms with E-state index in [-0.39, 0.29) is 5.91 Å². The average molecular weight is 210 g/mol. The van der Waals surface area contributed by atoms with Crippen molar-refractivity contribution in [3.05, 3.63) is 34.3 Å². The van der Waals surface area contributed by atoms with Gasteiger partial charge in [0.25, 0.3) is 5.91 Å². The summed E-state index contributed by atoms with van der Waals surface area (Å²) in [7, 11) is 0. The molecule has 0 spiro atoms. The van der Waals surface area contributed by atoms with Crippen molar-refractivity contribution in [3.63, 3.8) is 0 Å². The maximum absolute atomic E-state index is 11.7. The van der Waals surface area contributed by atoms with Crippen LogP contribution < -0.4 is 5.32 Å². The number of halogens is 1. The highest BCUT2D eigenvalue weighted by atomic mass is 35.5. The summed E-state index contributed by atoms with van der Waals surface area (Å²) in [5.41, 5.74) is 1.65. The molecule has 3 heteroatoms. The lowest BCUT2D eigenvalue weighted by Crippen LogP contribution is -2.26. The van der Waals surface area contributed by atoms with Gasteiger partial charge in [-0.1, -0.05) is 17.7 Å². The van der Waals surface area contributed by atoms with Gasteiger partial charge in [-0.15, -0.1) is 0 Å². The lowest BCUT2D eigenvalue weighted by atomic mass is 10.1. The number of amides is 1. The van der Waals surface area contributed by atoms with Gasteiger partial charge >= 0.3 is 0 Å². The third kappa shape index (κ3) is 2.07. The Bertz CT molecular complexity index is 372. The first-order chi connectivity index (χ1) is 6.66. The number of nitrogens with one attached hydrogen (secondary N) is 1. The number of benzene rings is 1. The van der Waals surface area contributed by atoms with Crippen molar-refractivity contribution < 1.29 is 4.79 Å². The number of hydrogen-bond donors (Lipinski definition) is 1. The van der Waals surface area contributed by atoms with Crippen LogP contribution in [0.15, 0.2) is 18.2 Å². The summed E-state index contributed by atoms with van der Waals surface area (Å²) >= 11 is 5.83. The van der Waals surface area contributed by atoms with E-state index in [4.69, 9.17) is 11.6 Å². The molecule has 0 saturated heterocycles. The lowest BCUT2D eigenvalue weighted by Gasteiger charge is -2.06. The maximum atomic E-state index is 11.7. The van der Waals surface area contributed by atoms with Crippen molar-refractivity contribution in [2.45, 2.75) is 25.8 Å². The van der Waals surface area contributed by atoms with E-state index in [2.05, 4.69) is 5.32 Å². The summed E-state index contributed by atoms with van der Waals surface area (Å²) in [6.07, 6.45) is 2.21. The summed E-state index contributed by atoms with van der Waals surface area (Å²) in [6.45, 7) is 1.91. The van der Waals surface area contributed by atoms with Gasteiger partial charge in [0, 0.05) is 16.6 Å². The summed E-state index contributed by atoms with van der Waals surface area (Å²) in [5.74, 6) is -0.00694. The molecule has 1 saturated carbocycles. The van der Waals surface area contributed by atoms with Gasteiger partial charge in [-0.3, -0.25) is 4.79 Å². The molecule has 2 rings (SSSR count). The molecule has 2 nitrogen and oxygen atoms in total. The SMILES string of the molecule is Cc1ccc(Cl)cc1C(=O)NC1CC1. The van der Waals surface area contributed by atoms with Crippen molar-refractivity contribution in [1.29, 1.82) is 0 Å². The quantitative estimate of drug-likeness (QED) is 0.797. The third-order valence-electron chi connectivity index (χ3n) is 2.36. The second-order valence-electron chi connectivity index (χ2n) is 3.71. The molecule has 0 aromatic heterocycles. The zero-order valence-corrected chi connectivity index (χ0v) is 8.77. The van der Waals surface area contributed by atoms with Crippen LogP contribution in [0, 0.1) is 6.92 Å². The molecule has 0 atom stereocenters.